The zero-order valence-corrected chi connectivity index (χ0v) is 13.4. The lowest BCUT2D eigenvalue weighted by Crippen LogP contribution is -2.48. The number of hydrogen-bond acceptors (Lipinski definition) is 3. The number of para-hydroxylation sites is 1. The third-order valence-electron chi connectivity index (χ3n) is 4.95. The van der Waals surface area contributed by atoms with Crippen molar-refractivity contribution < 1.29 is 4.79 Å². The summed E-state index contributed by atoms with van der Waals surface area (Å²) >= 11 is 0. The number of rotatable bonds is 4. The maximum atomic E-state index is 13.0. The Kier molecular flexibility index (Phi) is 4.88. The van der Waals surface area contributed by atoms with Gasteiger partial charge in [-0.3, -0.25) is 4.79 Å². The first-order chi connectivity index (χ1) is 10.1. The Hall–Kier alpha value is -1.55. The molecule has 1 aliphatic rings. The van der Waals surface area contributed by atoms with Crippen LogP contribution in [0.25, 0.3) is 0 Å². The summed E-state index contributed by atoms with van der Waals surface area (Å²) in [6.45, 7) is 6.84. The normalized spacial score (nSPS) is 15.6. The van der Waals surface area contributed by atoms with Gasteiger partial charge >= 0.3 is 0 Å². The molecule has 4 nitrogen and oxygen atoms in total. The van der Waals surface area contributed by atoms with E-state index in [1.54, 1.807) is 0 Å². The van der Waals surface area contributed by atoms with Gasteiger partial charge < -0.3 is 15.5 Å². The monoisotopic (exact) mass is 289 g/mol. The predicted octanol–water partition coefficient (Wildman–Crippen LogP) is 2.23. The average Bonchev–Trinajstić information content (AvgIpc) is 2.69. The Labute approximate surface area is 127 Å². The third-order valence-corrected chi connectivity index (χ3v) is 4.95. The summed E-state index contributed by atoms with van der Waals surface area (Å²) in [4.78, 5) is 17.2. The van der Waals surface area contributed by atoms with Gasteiger partial charge in [0.25, 0.3) is 0 Å². The number of nitrogens with two attached hydrogens (primary N) is 1. The van der Waals surface area contributed by atoms with E-state index in [1.165, 1.54) is 11.3 Å². The van der Waals surface area contributed by atoms with Gasteiger partial charge in [0.2, 0.25) is 5.91 Å². The SMILES string of the molecule is CCC(CC)(CN)C(=O)N1CCN(C)c2ccccc2C1. The second-order valence-corrected chi connectivity index (χ2v) is 5.97. The summed E-state index contributed by atoms with van der Waals surface area (Å²) in [7, 11) is 2.09. The van der Waals surface area contributed by atoms with Crippen LogP contribution >= 0.6 is 0 Å². The van der Waals surface area contributed by atoms with E-state index in [2.05, 4.69) is 44.0 Å². The van der Waals surface area contributed by atoms with E-state index in [-0.39, 0.29) is 5.91 Å². The highest BCUT2D eigenvalue weighted by molar-refractivity contribution is 5.83. The fourth-order valence-electron chi connectivity index (χ4n) is 3.13. The molecule has 1 heterocycles. The van der Waals surface area contributed by atoms with Gasteiger partial charge in [0.1, 0.15) is 0 Å². The molecule has 1 amide bonds. The number of benzene rings is 1. The lowest BCUT2D eigenvalue weighted by molar-refractivity contribution is -0.142. The molecule has 2 rings (SSSR count). The topological polar surface area (TPSA) is 49.6 Å². The van der Waals surface area contributed by atoms with Crippen molar-refractivity contribution in [2.45, 2.75) is 33.2 Å². The van der Waals surface area contributed by atoms with Gasteiger partial charge in [-0.15, -0.1) is 0 Å². The molecule has 1 aliphatic heterocycles. The van der Waals surface area contributed by atoms with E-state index < -0.39 is 5.41 Å². The first kappa shape index (κ1) is 15.8. The standard InChI is InChI=1S/C17H27N3O/c1-4-17(5-2,13-18)16(21)20-11-10-19(3)15-9-7-6-8-14(15)12-20/h6-9H,4-5,10-13,18H2,1-3H3. The molecule has 2 N–H and O–H groups in total. The molecule has 4 heteroatoms. The van der Waals surface area contributed by atoms with Crippen LogP contribution in [-0.4, -0.2) is 37.5 Å². The number of anilines is 1. The van der Waals surface area contributed by atoms with Crippen LogP contribution in [0.15, 0.2) is 24.3 Å². The molecule has 0 unspecified atom stereocenters. The zero-order chi connectivity index (χ0) is 15.5. The number of carbonyl (C=O) groups is 1. The maximum Gasteiger partial charge on any atom is 0.230 e. The highest BCUT2D eigenvalue weighted by Crippen LogP contribution is 2.31. The van der Waals surface area contributed by atoms with Crippen LogP contribution in [0.3, 0.4) is 0 Å². The van der Waals surface area contributed by atoms with Crippen LogP contribution in [0.1, 0.15) is 32.3 Å². The number of likely N-dealkylation sites (N-methyl/N-ethyl adjacent to an activating group) is 1. The van der Waals surface area contributed by atoms with Gasteiger partial charge in [0, 0.05) is 38.9 Å². The molecule has 0 aliphatic carbocycles. The second kappa shape index (κ2) is 6.48. The maximum absolute atomic E-state index is 13.0. The minimum absolute atomic E-state index is 0.208. The van der Waals surface area contributed by atoms with Crippen molar-refractivity contribution in [2.24, 2.45) is 11.1 Å². The molecule has 0 atom stereocenters. The molecular weight excluding hydrogens is 262 g/mol. The van der Waals surface area contributed by atoms with E-state index in [1.807, 2.05) is 11.0 Å². The van der Waals surface area contributed by atoms with E-state index in [4.69, 9.17) is 5.73 Å². The lowest BCUT2D eigenvalue weighted by Gasteiger charge is -2.34. The van der Waals surface area contributed by atoms with Gasteiger partial charge in [-0.05, 0) is 24.5 Å². The Balaban J connectivity index is 2.28. The van der Waals surface area contributed by atoms with E-state index in [0.29, 0.717) is 13.1 Å². The highest BCUT2D eigenvalue weighted by atomic mass is 16.2. The molecule has 0 saturated carbocycles. The Bertz CT molecular complexity index is 488. The van der Waals surface area contributed by atoms with Crippen LogP contribution < -0.4 is 10.6 Å². The molecule has 0 saturated heterocycles. The molecule has 0 radical (unpaired) electrons. The van der Waals surface area contributed by atoms with Crippen LogP contribution in [0.2, 0.25) is 0 Å². The molecule has 21 heavy (non-hydrogen) atoms. The summed E-state index contributed by atoms with van der Waals surface area (Å²) in [6, 6.07) is 8.32. The summed E-state index contributed by atoms with van der Waals surface area (Å²) in [6.07, 6.45) is 1.60. The van der Waals surface area contributed by atoms with Crippen molar-refractivity contribution in [3.8, 4) is 0 Å². The molecule has 1 aromatic carbocycles. The van der Waals surface area contributed by atoms with Crippen molar-refractivity contribution in [1.29, 1.82) is 0 Å². The first-order valence-electron chi connectivity index (χ1n) is 7.86. The fraction of sp³-hybridized carbons (Fsp3) is 0.588. The molecule has 0 spiro atoms. The van der Waals surface area contributed by atoms with Crippen LogP contribution in [0, 0.1) is 5.41 Å². The largest absolute Gasteiger partial charge is 0.373 e. The molecule has 0 bridgehead atoms. The molecule has 0 aromatic heterocycles. The number of fused-ring (bicyclic) bond motifs is 1. The van der Waals surface area contributed by atoms with Crippen molar-refractivity contribution in [3.63, 3.8) is 0 Å². The summed E-state index contributed by atoms with van der Waals surface area (Å²) in [5, 5.41) is 0. The van der Waals surface area contributed by atoms with Gasteiger partial charge in [-0.2, -0.15) is 0 Å². The van der Waals surface area contributed by atoms with Crippen molar-refractivity contribution in [3.05, 3.63) is 29.8 Å². The zero-order valence-electron chi connectivity index (χ0n) is 13.4. The third kappa shape index (κ3) is 2.91. The van der Waals surface area contributed by atoms with E-state index in [9.17, 15) is 4.79 Å². The van der Waals surface area contributed by atoms with Gasteiger partial charge in [0.05, 0.1) is 5.41 Å². The molecule has 1 aromatic rings. The number of nitrogens with zero attached hydrogens (tertiary/aromatic N) is 2. The summed E-state index contributed by atoms with van der Waals surface area (Å²) < 4.78 is 0. The van der Waals surface area contributed by atoms with E-state index in [0.717, 1.165) is 25.9 Å². The minimum atomic E-state index is -0.405. The summed E-state index contributed by atoms with van der Waals surface area (Å²) in [5.74, 6) is 0.208. The Morgan fingerprint density at radius 2 is 1.90 bits per heavy atom. The fourth-order valence-corrected chi connectivity index (χ4v) is 3.13. The Morgan fingerprint density at radius 1 is 1.24 bits per heavy atom. The van der Waals surface area contributed by atoms with Crippen LogP contribution in [0.5, 0.6) is 0 Å². The second-order valence-electron chi connectivity index (χ2n) is 5.97. The molecule has 116 valence electrons. The number of amides is 1. The van der Waals surface area contributed by atoms with Gasteiger partial charge in [0.15, 0.2) is 0 Å². The van der Waals surface area contributed by atoms with Gasteiger partial charge in [-0.1, -0.05) is 32.0 Å². The summed E-state index contributed by atoms with van der Waals surface area (Å²) in [5.41, 5.74) is 7.97. The van der Waals surface area contributed by atoms with Crippen molar-refractivity contribution in [2.75, 3.05) is 31.6 Å². The Morgan fingerprint density at radius 3 is 2.52 bits per heavy atom. The lowest BCUT2D eigenvalue weighted by atomic mass is 9.81. The average molecular weight is 289 g/mol. The molecular formula is C17H27N3O. The smallest absolute Gasteiger partial charge is 0.230 e. The van der Waals surface area contributed by atoms with Gasteiger partial charge in [-0.25, -0.2) is 0 Å². The van der Waals surface area contributed by atoms with Crippen molar-refractivity contribution in [1.82, 2.24) is 4.90 Å². The first-order valence-corrected chi connectivity index (χ1v) is 7.86. The quantitative estimate of drug-likeness (QED) is 0.924. The van der Waals surface area contributed by atoms with Crippen LogP contribution in [0.4, 0.5) is 5.69 Å². The number of hydrogen-bond donors (Lipinski definition) is 1. The predicted molar refractivity (Wildman–Crippen MR) is 87.2 cm³/mol. The number of carbonyl (C=O) groups excluding carboxylic acids is 1. The van der Waals surface area contributed by atoms with E-state index >= 15 is 0 Å². The molecule has 0 fully saturated rings. The highest BCUT2D eigenvalue weighted by Gasteiger charge is 2.37. The van der Waals surface area contributed by atoms with Crippen molar-refractivity contribution >= 4 is 11.6 Å². The van der Waals surface area contributed by atoms with Crippen LogP contribution in [-0.2, 0) is 11.3 Å². The minimum Gasteiger partial charge on any atom is -0.373 e.